The maximum atomic E-state index is 11.7. The van der Waals surface area contributed by atoms with Crippen molar-refractivity contribution in [1.29, 1.82) is 0 Å². The van der Waals surface area contributed by atoms with Crippen LogP contribution < -0.4 is 10.4 Å². The molecule has 138 valence electrons. The van der Waals surface area contributed by atoms with Crippen LogP contribution in [0.15, 0.2) is 90.0 Å². The summed E-state index contributed by atoms with van der Waals surface area (Å²) < 4.78 is 2.06. The Morgan fingerprint density at radius 1 is 0.750 bits per heavy atom. The Labute approximate surface area is 164 Å². The lowest BCUT2D eigenvalue weighted by atomic mass is 9.83. The van der Waals surface area contributed by atoms with E-state index in [4.69, 9.17) is 0 Å². The molecule has 0 atom stereocenters. The Morgan fingerprint density at radius 2 is 1.25 bits per heavy atom. The lowest BCUT2D eigenvalue weighted by Crippen LogP contribution is -2.31. The molecule has 2 aliphatic rings. The van der Waals surface area contributed by atoms with Gasteiger partial charge in [-0.3, -0.25) is 14.5 Å². The molecule has 0 fully saturated rings. The third-order valence-corrected chi connectivity index (χ3v) is 5.79. The van der Waals surface area contributed by atoms with Gasteiger partial charge in [0.15, 0.2) is 5.43 Å². The SMILES string of the molecule is Cc1cc(=O)cc(C)n1N1C=CC(C2c3ccccc3-c3ccccc32)C=C1. The molecular weight excluding hydrogens is 344 g/mol. The molecule has 5 rings (SSSR count). The molecule has 0 unspecified atom stereocenters. The van der Waals surface area contributed by atoms with Crippen LogP contribution in [-0.4, -0.2) is 4.68 Å². The monoisotopic (exact) mass is 366 g/mol. The minimum absolute atomic E-state index is 0.0493. The fraction of sp³-hybridized carbons (Fsp3) is 0.160. The number of hydrogen-bond acceptors (Lipinski definition) is 2. The van der Waals surface area contributed by atoms with Gasteiger partial charge < -0.3 is 0 Å². The summed E-state index contributed by atoms with van der Waals surface area (Å²) in [6.07, 6.45) is 8.75. The van der Waals surface area contributed by atoms with Crippen LogP contribution in [-0.2, 0) is 0 Å². The zero-order valence-electron chi connectivity index (χ0n) is 16.0. The van der Waals surface area contributed by atoms with Gasteiger partial charge in [-0.05, 0) is 36.1 Å². The van der Waals surface area contributed by atoms with E-state index in [2.05, 4.69) is 77.8 Å². The van der Waals surface area contributed by atoms with Gasteiger partial charge in [-0.1, -0.05) is 60.7 Å². The van der Waals surface area contributed by atoms with E-state index in [1.54, 1.807) is 12.1 Å². The summed E-state index contributed by atoms with van der Waals surface area (Å²) in [6.45, 7) is 3.93. The molecule has 2 aromatic carbocycles. The van der Waals surface area contributed by atoms with Crippen LogP contribution in [0.2, 0.25) is 0 Å². The Morgan fingerprint density at radius 3 is 1.79 bits per heavy atom. The van der Waals surface area contributed by atoms with Crippen LogP contribution in [0.1, 0.15) is 28.4 Å². The molecule has 3 nitrogen and oxygen atoms in total. The molecule has 0 amide bonds. The highest BCUT2D eigenvalue weighted by molar-refractivity contribution is 5.79. The van der Waals surface area contributed by atoms with E-state index >= 15 is 0 Å². The van der Waals surface area contributed by atoms with Crippen LogP contribution in [0.5, 0.6) is 0 Å². The molecule has 1 aliphatic carbocycles. The van der Waals surface area contributed by atoms with E-state index < -0.39 is 0 Å². The molecule has 1 aliphatic heterocycles. The van der Waals surface area contributed by atoms with Crippen molar-refractivity contribution in [3.8, 4) is 11.1 Å². The van der Waals surface area contributed by atoms with Gasteiger partial charge in [0.05, 0.1) is 0 Å². The van der Waals surface area contributed by atoms with Gasteiger partial charge in [-0.25, -0.2) is 0 Å². The second-order valence-corrected chi connectivity index (χ2v) is 7.58. The predicted molar refractivity (Wildman–Crippen MR) is 114 cm³/mol. The summed E-state index contributed by atoms with van der Waals surface area (Å²) >= 11 is 0. The van der Waals surface area contributed by atoms with Crippen molar-refractivity contribution in [2.75, 3.05) is 5.01 Å². The van der Waals surface area contributed by atoms with Gasteiger partial charge in [-0.2, -0.15) is 0 Å². The molecule has 0 saturated heterocycles. The fourth-order valence-corrected chi connectivity index (χ4v) is 4.67. The Balaban J connectivity index is 1.52. The van der Waals surface area contributed by atoms with Gasteiger partial charge in [-0.15, -0.1) is 0 Å². The first kappa shape index (κ1) is 16.8. The second kappa shape index (κ2) is 6.38. The lowest BCUT2D eigenvalue weighted by Gasteiger charge is -2.30. The van der Waals surface area contributed by atoms with Crippen molar-refractivity contribution in [2.24, 2.45) is 5.92 Å². The molecule has 0 bridgehead atoms. The van der Waals surface area contributed by atoms with Crippen LogP contribution in [0.4, 0.5) is 0 Å². The molecule has 3 aromatic rings. The van der Waals surface area contributed by atoms with Gasteiger partial charge in [0.1, 0.15) is 0 Å². The third kappa shape index (κ3) is 2.55. The van der Waals surface area contributed by atoms with E-state index in [0.717, 1.165) is 11.4 Å². The average molecular weight is 366 g/mol. The normalized spacial score (nSPS) is 15.7. The summed E-state index contributed by atoms with van der Waals surface area (Å²) in [7, 11) is 0. The van der Waals surface area contributed by atoms with Gasteiger partial charge >= 0.3 is 0 Å². The molecule has 0 N–H and O–H groups in total. The molecule has 0 saturated carbocycles. The Bertz CT molecular complexity index is 1100. The standard InChI is InChI=1S/C25H22N2O/c1-17-15-20(28)16-18(2)27(17)26-13-11-19(12-14-26)25-23-9-5-3-7-21(23)22-8-4-6-10-24(22)25/h3-16,19,25H,1-2H3. The van der Waals surface area contributed by atoms with E-state index in [9.17, 15) is 4.79 Å². The number of pyridine rings is 1. The molecular formula is C25H22N2O. The summed E-state index contributed by atoms with van der Waals surface area (Å²) in [5, 5.41) is 2.05. The van der Waals surface area contributed by atoms with Gasteiger partial charge in [0.25, 0.3) is 0 Å². The fourth-order valence-electron chi connectivity index (χ4n) is 4.67. The summed E-state index contributed by atoms with van der Waals surface area (Å²) in [5.41, 5.74) is 7.38. The second-order valence-electron chi connectivity index (χ2n) is 7.58. The third-order valence-electron chi connectivity index (χ3n) is 5.79. The van der Waals surface area contributed by atoms with Crippen LogP contribution in [0.25, 0.3) is 11.1 Å². The smallest absolute Gasteiger partial charge is 0.182 e. The molecule has 0 radical (unpaired) electrons. The van der Waals surface area contributed by atoms with Crippen molar-refractivity contribution in [2.45, 2.75) is 19.8 Å². The number of aromatic nitrogens is 1. The predicted octanol–water partition coefficient (Wildman–Crippen LogP) is 4.87. The van der Waals surface area contributed by atoms with E-state index in [-0.39, 0.29) is 5.43 Å². The number of rotatable bonds is 2. The highest BCUT2D eigenvalue weighted by Crippen LogP contribution is 2.49. The zero-order chi connectivity index (χ0) is 19.3. The van der Waals surface area contributed by atoms with Crippen molar-refractivity contribution in [3.63, 3.8) is 0 Å². The molecule has 3 heteroatoms. The highest BCUT2D eigenvalue weighted by Gasteiger charge is 2.32. The Hall–Kier alpha value is -3.33. The number of fused-ring (bicyclic) bond motifs is 3. The first-order valence-electron chi connectivity index (χ1n) is 9.67. The number of benzene rings is 2. The maximum Gasteiger partial charge on any atom is 0.182 e. The summed E-state index contributed by atoms with van der Waals surface area (Å²) in [5.74, 6) is 0.624. The molecule has 0 spiro atoms. The first-order valence-corrected chi connectivity index (χ1v) is 9.67. The maximum absolute atomic E-state index is 11.7. The van der Waals surface area contributed by atoms with Crippen molar-refractivity contribution < 1.29 is 0 Å². The van der Waals surface area contributed by atoms with Crippen LogP contribution in [0.3, 0.4) is 0 Å². The van der Waals surface area contributed by atoms with E-state index in [1.807, 2.05) is 18.9 Å². The van der Waals surface area contributed by atoms with Gasteiger partial charge in [0, 0.05) is 47.8 Å². The zero-order valence-corrected chi connectivity index (χ0v) is 16.0. The summed E-state index contributed by atoms with van der Waals surface area (Å²) in [4.78, 5) is 11.7. The van der Waals surface area contributed by atoms with Crippen molar-refractivity contribution in [3.05, 3.63) is 118 Å². The number of allylic oxidation sites excluding steroid dienone is 2. The van der Waals surface area contributed by atoms with Crippen LogP contribution in [0, 0.1) is 19.8 Å². The van der Waals surface area contributed by atoms with E-state index in [0.29, 0.717) is 11.8 Å². The molecule has 2 heterocycles. The minimum atomic E-state index is 0.0493. The number of aryl methyl sites for hydroxylation is 2. The first-order chi connectivity index (χ1) is 13.6. The summed E-state index contributed by atoms with van der Waals surface area (Å²) in [6, 6.07) is 20.8. The highest BCUT2D eigenvalue weighted by atomic mass is 16.1. The number of hydrogen-bond donors (Lipinski definition) is 0. The van der Waals surface area contributed by atoms with Crippen molar-refractivity contribution >= 4 is 0 Å². The van der Waals surface area contributed by atoms with E-state index in [1.165, 1.54) is 22.3 Å². The average Bonchev–Trinajstić information content (AvgIpc) is 3.02. The Kier molecular flexibility index (Phi) is 3.83. The van der Waals surface area contributed by atoms with Crippen LogP contribution >= 0.6 is 0 Å². The molecule has 1 aromatic heterocycles. The minimum Gasteiger partial charge on any atom is -0.290 e. The van der Waals surface area contributed by atoms with Gasteiger partial charge in [0.2, 0.25) is 0 Å². The molecule has 28 heavy (non-hydrogen) atoms. The topological polar surface area (TPSA) is 25.2 Å². The number of nitrogens with zero attached hydrogens (tertiary/aromatic N) is 2. The largest absolute Gasteiger partial charge is 0.290 e. The van der Waals surface area contributed by atoms with Crippen molar-refractivity contribution in [1.82, 2.24) is 4.68 Å². The lowest BCUT2D eigenvalue weighted by molar-refractivity contribution is 0.656. The quantitative estimate of drug-likeness (QED) is 0.646.